The molecule has 30 heavy (non-hydrogen) atoms. The number of hydrogen-bond donors (Lipinski definition) is 1. The fraction of sp³-hybridized carbons (Fsp3) is 0.500. The molecule has 2 aromatic rings. The zero-order chi connectivity index (χ0) is 21.7. The Morgan fingerprint density at radius 2 is 1.67 bits per heavy atom. The average molecular weight is 432 g/mol. The molecule has 0 atom stereocenters. The monoisotopic (exact) mass is 431 g/mol. The molecule has 2 aliphatic rings. The van der Waals surface area contributed by atoms with Crippen LogP contribution >= 0.6 is 11.3 Å². The van der Waals surface area contributed by atoms with E-state index in [1.54, 1.807) is 12.3 Å². The van der Waals surface area contributed by atoms with Gasteiger partial charge in [-0.3, -0.25) is 4.99 Å². The zero-order valence-electron chi connectivity index (χ0n) is 18.0. The van der Waals surface area contributed by atoms with Crippen molar-refractivity contribution < 1.29 is 8.78 Å². The lowest BCUT2D eigenvalue weighted by Crippen LogP contribution is -2.61. The first-order chi connectivity index (χ1) is 14.0. The van der Waals surface area contributed by atoms with Crippen molar-refractivity contribution in [2.24, 2.45) is 4.99 Å². The van der Waals surface area contributed by atoms with Crippen molar-refractivity contribution in [3.63, 3.8) is 0 Å². The van der Waals surface area contributed by atoms with E-state index in [1.165, 1.54) is 23.5 Å². The van der Waals surface area contributed by atoms with Crippen LogP contribution in [0.2, 0.25) is 0 Å². The molecule has 0 amide bonds. The van der Waals surface area contributed by atoms with Crippen LogP contribution in [0.5, 0.6) is 0 Å². The first kappa shape index (κ1) is 21.1. The van der Waals surface area contributed by atoms with E-state index in [0.717, 1.165) is 12.8 Å². The molecule has 0 radical (unpaired) electrons. The number of nitrogens with one attached hydrogen (secondary N) is 1. The second-order valence-electron chi connectivity index (χ2n) is 9.45. The van der Waals surface area contributed by atoms with Gasteiger partial charge in [-0.2, -0.15) is 0 Å². The lowest BCUT2D eigenvalue weighted by Gasteiger charge is -2.48. The predicted molar refractivity (Wildman–Crippen MR) is 119 cm³/mol. The van der Waals surface area contributed by atoms with E-state index in [4.69, 9.17) is 0 Å². The minimum absolute atomic E-state index is 0.00208. The maximum absolute atomic E-state index is 14.8. The topological polar surface area (TPSA) is 53.4 Å². The van der Waals surface area contributed by atoms with Gasteiger partial charge in [0, 0.05) is 35.9 Å². The molecule has 1 N–H and O–H groups in total. The number of halogens is 2. The van der Waals surface area contributed by atoms with E-state index in [-0.39, 0.29) is 28.2 Å². The molecule has 0 aliphatic carbocycles. The maximum atomic E-state index is 14.8. The summed E-state index contributed by atoms with van der Waals surface area (Å²) in [6.45, 7) is 9.16. The summed E-state index contributed by atoms with van der Waals surface area (Å²) in [5.41, 5.74) is 1.05. The molecular formula is C22H27F2N5S. The van der Waals surface area contributed by atoms with Crippen LogP contribution in [-0.4, -0.2) is 47.1 Å². The van der Waals surface area contributed by atoms with Crippen LogP contribution in [0.15, 0.2) is 23.2 Å². The van der Waals surface area contributed by atoms with Gasteiger partial charge in [-0.05, 0) is 64.3 Å². The average Bonchev–Trinajstić information content (AvgIpc) is 3.31. The molecule has 0 unspecified atom stereocenters. The van der Waals surface area contributed by atoms with E-state index >= 15 is 0 Å². The number of hydrogen-bond acceptors (Lipinski definition) is 6. The van der Waals surface area contributed by atoms with Crippen LogP contribution in [0.1, 0.15) is 46.1 Å². The van der Waals surface area contributed by atoms with Gasteiger partial charge in [0.1, 0.15) is 11.6 Å². The van der Waals surface area contributed by atoms with Gasteiger partial charge < -0.3 is 10.2 Å². The molecular weight excluding hydrogens is 404 g/mol. The molecule has 4 rings (SSSR count). The summed E-state index contributed by atoms with van der Waals surface area (Å²) < 4.78 is 29.5. The van der Waals surface area contributed by atoms with Crippen molar-refractivity contribution in [1.29, 1.82) is 0 Å². The Hall–Kier alpha value is -2.19. The third-order valence-corrected chi connectivity index (χ3v) is 6.76. The van der Waals surface area contributed by atoms with Crippen molar-refractivity contribution >= 4 is 28.3 Å². The number of rotatable bonds is 4. The third-order valence-electron chi connectivity index (χ3n) is 5.71. The summed E-state index contributed by atoms with van der Waals surface area (Å²) in [6.07, 6.45) is 5.22. The quantitative estimate of drug-likeness (QED) is 0.763. The van der Waals surface area contributed by atoms with Gasteiger partial charge in [0.25, 0.3) is 0 Å². The summed E-state index contributed by atoms with van der Waals surface area (Å²) in [5, 5.41) is 13.2. The summed E-state index contributed by atoms with van der Waals surface area (Å²) in [5.74, 6) is -0.983. The summed E-state index contributed by atoms with van der Waals surface area (Å²) >= 11 is 1.29. The van der Waals surface area contributed by atoms with E-state index in [1.807, 2.05) is 7.05 Å². The van der Waals surface area contributed by atoms with Gasteiger partial charge >= 0.3 is 0 Å². The Morgan fingerprint density at radius 3 is 2.30 bits per heavy atom. The smallest absolute Gasteiger partial charge is 0.208 e. The normalized spacial score (nSPS) is 20.4. The molecule has 3 heterocycles. The molecule has 1 saturated heterocycles. The van der Waals surface area contributed by atoms with E-state index < -0.39 is 11.6 Å². The van der Waals surface area contributed by atoms with Crippen LogP contribution in [0.3, 0.4) is 0 Å². The number of benzene rings is 1. The largest absolute Gasteiger partial charge is 0.347 e. The SMILES string of the molecule is CN(c1nnc(-c2cc(F)c(C3=CC=NC3)cc2F)s1)C1CC(C)(C)NC(C)(C)C1. The highest BCUT2D eigenvalue weighted by molar-refractivity contribution is 7.18. The van der Waals surface area contributed by atoms with E-state index in [2.05, 4.69) is 53.1 Å². The Morgan fingerprint density at radius 1 is 1.03 bits per heavy atom. The summed E-state index contributed by atoms with van der Waals surface area (Å²) in [4.78, 5) is 6.16. The van der Waals surface area contributed by atoms with Gasteiger partial charge in [0.15, 0.2) is 5.01 Å². The Bertz CT molecular complexity index is 1010. The van der Waals surface area contributed by atoms with Gasteiger partial charge in [0.2, 0.25) is 5.13 Å². The first-order valence-corrected chi connectivity index (χ1v) is 10.9. The molecule has 0 bridgehead atoms. The van der Waals surface area contributed by atoms with E-state index in [0.29, 0.717) is 22.3 Å². The molecule has 1 aromatic heterocycles. The third kappa shape index (κ3) is 4.16. The molecule has 160 valence electrons. The predicted octanol–water partition coefficient (Wildman–Crippen LogP) is 4.70. The minimum Gasteiger partial charge on any atom is -0.347 e. The highest BCUT2D eigenvalue weighted by Crippen LogP contribution is 2.37. The van der Waals surface area contributed by atoms with Crippen molar-refractivity contribution in [2.75, 3.05) is 18.5 Å². The van der Waals surface area contributed by atoms with E-state index in [9.17, 15) is 8.78 Å². The molecule has 5 nitrogen and oxygen atoms in total. The minimum atomic E-state index is -0.506. The van der Waals surface area contributed by atoms with Crippen LogP contribution in [0, 0.1) is 11.6 Å². The fourth-order valence-electron chi connectivity index (χ4n) is 4.64. The molecule has 8 heteroatoms. The fourth-order valence-corrected chi connectivity index (χ4v) is 5.54. The molecule has 0 saturated carbocycles. The van der Waals surface area contributed by atoms with Crippen molar-refractivity contribution in [1.82, 2.24) is 15.5 Å². The standard InChI is InChI=1S/C22H27F2N5S/c1-21(2)10-14(11-22(3,4)28-21)29(5)20-27-26-19(30-20)16-9-17(23)15(8-18(16)24)13-6-7-25-12-13/h6-9,14,28H,10-12H2,1-5H3. The van der Waals surface area contributed by atoms with Crippen LogP contribution in [-0.2, 0) is 0 Å². The Labute approximate surface area is 179 Å². The molecule has 0 spiro atoms. The number of nitrogens with zero attached hydrogens (tertiary/aromatic N) is 4. The van der Waals surface area contributed by atoms with Gasteiger partial charge in [-0.15, -0.1) is 10.2 Å². The molecule has 2 aliphatic heterocycles. The van der Waals surface area contributed by atoms with Crippen LogP contribution in [0.25, 0.3) is 16.1 Å². The highest BCUT2D eigenvalue weighted by Gasteiger charge is 2.39. The number of allylic oxidation sites excluding steroid dienone is 1. The van der Waals surface area contributed by atoms with Gasteiger partial charge in [-0.1, -0.05) is 11.3 Å². The van der Waals surface area contributed by atoms with Crippen molar-refractivity contribution in [3.05, 3.63) is 35.4 Å². The van der Waals surface area contributed by atoms with Gasteiger partial charge in [-0.25, -0.2) is 8.78 Å². The second-order valence-corrected chi connectivity index (χ2v) is 10.4. The number of aliphatic imine (C=N–C) groups is 1. The molecule has 1 fully saturated rings. The lowest BCUT2D eigenvalue weighted by molar-refractivity contribution is 0.161. The summed E-state index contributed by atoms with van der Waals surface area (Å²) in [7, 11) is 2.00. The number of anilines is 1. The first-order valence-electron chi connectivity index (χ1n) is 10.1. The Kier molecular flexibility index (Phi) is 5.26. The van der Waals surface area contributed by atoms with Crippen molar-refractivity contribution in [3.8, 4) is 10.6 Å². The van der Waals surface area contributed by atoms with Gasteiger partial charge in [0.05, 0.1) is 12.1 Å². The number of aromatic nitrogens is 2. The zero-order valence-corrected chi connectivity index (χ0v) is 18.8. The Balaban J connectivity index is 1.59. The summed E-state index contributed by atoms with van der Waals surface area (Å²) in [6, 6.07) is 2.72. The van der Waals surface area contributed by atoms with Crippen LogP contribution < -0.4 is 10.2 Å². The lowest BCUT2D eigenvalue weighted by atomic mass is 9.79. The second kappa shape index (κ2) is 7.50. The maximum Gasteiger partial charge on any atom is 0.208 e. The number of piperidine rings is 1. The highest BCUT2D eigenvalue weighted by atomic mass is 32.1. The molecule has 1 aromatic carbocycles. The van der Waals surface area contributed by atoms with Crippen LogP contribution in [0.4, 0.5) is 13.9 Å². The van der Waals surface area contributed by atoms with Crippen molar-refractivity contribution in [2.45, 2.75) is 57.7 Å².